The Morgan fingerprint density at radius 2 is 1.77 bits per heavy atom. The van der Waals surface area contributed by atoms with E-state index in [-0.39, 0.29) is 5.91 Å². The molecular weight excluding hydrogens is 398 g/mol. The Hall–Kier alpha value is -2.22. The number of aryl methyl sites for hydroxylation is 4. The van der Waals surface area contributed by atoms with Crippen molar-refractivity contribution in [2.24, 2.45) is 0 Å². The van der Waals surface area contributed by atoms with Gasteiger partial charge in [-0.05, 0) is 68.0 Å². The monoisotopic (exact) mass is 428 g/mol. The molecule has 2 aromatic carbocycles. The normalized spacial score (nSPS) is 17.7. The van der Waals surface area contributed by atoms with Crippen molar-refractivity contribution in [3.63, 3.8) is 0 Å². The summed E-state index contributed by atoms with van der Waals surface area (Å²) >= 11 is 0. The van der Waals surface area contributed by atoms with Gasteiger partial charge in [0.15, 0.2) is 6.54 Å². The van der Waals surface area contributed by atoms with E-state index in [0.717, 1.165) is 41.0 Å². The molecule has 2 aromatic rings. The first-order valence-corrected chi connectivity index (χ1v) is 12.1. The molecule has 1 amide bonds. The van der Waals surface area contributed by atoms with Crippen molar-refractivity contribution in [2.45, 2.75) is 38.0 Å². The molecule has 4 rings (SSSR count). The van der Waals surface area contributed by atoms with Gasteiger partial charge in [0.25, 0.3) is 5.91 Å². The van der Waals surface area contributed by atoms with E-state index >= 15 is 0 Å². The number of hydrogen-bond donors (Lipinski definition) is 2. The minimum atomic E-state index is -3.47. The first-order valence-electron chi connectivity index (χ1n) is 10.7. The summed E-state index contributed by atoms with van der Waals surface area (Å²) in [5.41, 5.74) is 5.49. The van der Waals surface area contributed by atoms with Crippen molar-refractivity contribution < 1.29 is 18.1 Å². The maximum atomic E-state index is 13.1. The van der Waals surface area contributed by atoms with Crippen molar-refractivity contribution in [1.29, 1.82) is 0 Å². The van der Waals surface area contributed by atoms with Crippen LogP contribution in [0.3, 0.4) is 0 Å². The van der Waals surface area contributed by atoms with Crippen LogP contribution in [0.2, 0.25) is 0 Å². The molecule has 7 heteroatoms. The van der Waals surface area contributed by atoms with Gasteiger partial charge in [0.2, 0.25) is 10.0 Å². The molecule has 0 atom stereocenters. The van der Waals surface area contributed by atoms with Crippen LogP contribution in [-0.4, -0.2) is 51.4 Å². The van der Waals surface area contributed by atoms with Crippen LogP contribution in [0.25, 0.3) is 0 Å². The van der Waals surface area contributed by atoms with Gasteiger partial charge in [-0.2, -0.15) is 4.31 Å². The molecule has 2 aliphatic rings. The van der Waals surface area contributed by atoms with Crippen LogP contribution in [0.5, 0.6) is 0 Å². The van der Waals surface area contributed by atoms with E-state index in [2.05, 4.69) is 5.32 Å². The van der Waals surface area contributed by atoms with Crippen LogP contribution in [0.4, 0.5) is 5.69 Å². The van der Waals surface area contributed by atoms with Gasteiger partial charge in [-0.3, -0.25) is 4.79 Å². The second-order valence-electron chi connectivity index (χ2n) is 8.48. The molecule has 0 aromatic heterocycles. The van der Waals surface area contributed by atoms with Crippen molar-refractivity contribution >= 4 is 21.6 Å². The first kappa shape index (κ1) is 21.0. The molecule has 1 fully saturated rings. The predicted molar refractivity (Wildman–Crippen MR) is 117 cm³/mol. The highest BCUT2D eigenvalue weighted by Crippen LogP contribution is 2.26. The molecule has 0 radical (unpaired) electrons. The number of quaternary nitrogens is 1. The Kier molecular flexibility index (Phi) is 5.95. The highest BCUT2D eigenvalue weighted by molar-refractivity contribution is 7.89. The molecule has 160 valence electrons. The van der Waals surface area contributed by atoms with E-state index in [1.54, 1.807) is 10.4 Å². The molecule has 6 nitrogen and oxygen atoms in total. The lowest BCUT2D eigenvalue weighted by molar-refractivity contribution is -0.895. The van der Waals surface area contributed by atoms with E-state index in [1.807, 2.05) is 44.2 Å². The molecule has 2 N–H and O–H groups in total. The van der Waals surface area contributed by atoms with Gasteiger partial charge in [-0.25, -0.2) is 8.42 Å². The molecule has 0 saturated carbocycles. The third kappa shape index (κ3) is 4.43. The number of carbonyl (C=O) groups excluding carboxylic acids is 1. The topological polar surface area (TPSA) is 70.9 Å². The fourth-order valence-corrected chi connectivity index (χ4v) is 5.95. The van der Waals surface area contributed by atoms with Crippen LogP contribution in [-0.2, 0) is 27.7 Å². The molecule has 30 heavy (non-hydrogen) atoms. The zero-order chi connectivity index (χ0) is 21.3. The van der Waals surface area contributed by atoms with Crippen LogP contribution >= 0.6 is 0 Å². The summed E-state index contributed by atoms with van der Waals surface area (Å²) in [6.45, 7) is 6.49. The van der Waals surface area contributed by atoms with Crippen molar-refractivity contribution in [3.05, 3.63) is 58.7 Å². The Bertz CT molecular complexity index is 1060. The van der Waals surface area contributed by atoms with E-state index in [1.165, 1.54) is 11.1 Å². The molecule has 0 unspecified atom stereocenters. The minimum Gasteiger partial charge on any atom is -0.325 e. The molecular formula is C23H30N3O3S+. The van der Waals surface area contributed by atoms with Gasteiger partial charge in [0.1, 0.15) is 0 Å². The lowest BCUT2D eigenvalue weighted by Crippen LogP contribution is -3.15. The van der Waals surface area contributed by atoms with Crippen LogP contribution in [0.15, 0.2) is 41.3 Å². The Balaban J connectivity index is 1.33. The van der Waals surface area contributed by atoms with Crippen molar-refractivity contribution in [1.82, 2.24) is 4.31 Å². The smallest absolute Gasteiger partial charge is 0.279 e. The van der Waals surface area contributed by atoms with Gasteiger partial charge in [-0.1, -0.05) is 23.8 Å². The van der Waals surface area contributed by atoms with E-state index in [4.69, 9.17) is 0 Å². The summed E-state index contributed by atoms with van der Waals surface area (Å²) in [7, 11) is -3.47. The summed E-state index contributed by atoms with van der Waals surface area (Å²) in [5.74, 6) is -0.0353. The highest BCUT2D eigenvalue weighted by atomic mass is 32.2. The summed E-state index contributed by atoms with van der Waals surface area (Å²) in [6.07, 6.45) is 3.11. The fourth-order valence-electron chi connectivity index (χ4n) is 4.45. The zero-order valence-corrected chi connectivity index (χ0v) is 18.5. The average molecular weight is 429 g/mol. The number of anilines is 1. The summed E-state index contributed by atoms with van der Waals surface area (Å²) in [4.78, 5) is 14.0. The van der Waals surface area contributed by atoms with Gasteiger partial charge in [0, 0.05) is 5.69 Å². The molecule has 1 heterocycles. The molecule has 0 bridgehead atoms. The number of amides is 1. The third-order valence-electron chi connectivity index (χ3n) is 6.20. The Morgan fingerprint density at radius 3 is 2.50 bits per heavy atom. The maximum absolute atomic E-state index is 13.1. The van der Waals surface area contributed by atoms with Crippen molar-refractivity contribution in [2.75, 3.05) is 38.0 Å². The molecule has 1 aliphatic carbocycles. The van der Waals surface area contributed by atoms with Crippen LogP contribution in [0, 0.1) is 13.8 Å². The molecule has 0 spiro atoms. The predicted octanol–water partition coefficient (Wildman–Crippen LogP) is 1.32. The Labute approximate surface area is 178 Å². The van der Waals surface area contributed by atoms with Crippen LogP contribution < -0.4 is 10.2 Å². The largest absolute Gasteiger partial charge is 0.325 e. The Morgan fingerprint density at radius 1 is 1.03 bits per heavy atom. The van der Waals surface area contributed by atoms with E-state index in [0.29, 0.717) is 37.6 Å². The van der Waals surface area contributed by atoms with Crippen LogP contribution in [0.1, 0.15) is 28.7 Å². The van der Waals surface area contributed by atoms with Crippen molar-refractivity contribution in [3.8, 4) is 0 Å². The number of hydrogen-bond acceptors (Lipinski definition) is 3. The van der Waals surface area contributed by atoms with E-state index in [9.17, 15) is 13.2 Å². The quantitative estimate of drug-likeness (QED) is 0.755. The fraction of sp³-hybridized carbons (Fsp3) is 0.435. The number of rotatable bonds is 5. The van der Waals surface area contributed by atoms with Gasteiger partial charge in [0.05, 0.1) is 31.1 Å². The summed E-state index contributed by atoms with van der Waals surface area (Å²) in [5, 5.41) is 2.98. The molecule has 1 saturated heterocycles. The first-order chi connectivity index (χ1) is 14.3. The van der Waals surface area contributed by atoms with Gasteiger partial charge >= 0.3 is 0 Å². The third-order valence-corrected chi connectivity index (χ3v) is 8.10. The van der Waals surface area contributed by atoms with Gasteiger partial charge < -0.3 is 10.2 Å². The molecule has 1 aliphatic heterocycles. The van der Waals surface area contributed by atoms with E-state index < -0.39 is 10.0 Å². The average Bonchev–Trinajstić information content (AvgIpc) is 3.18. The highest BCUT2D eigenvalue weighted by Gasteiger charge is 2.31. The maximum Gasteiger partial charge on any atom is 0.279 e. The lowest BCUT2D eigenvalue weighted by atomic mass is 10.1. The second kappa shape index (κ2) is 8.49. The number of fused-ring (bicyclic) bond motifs is 1. The number of carbonyl (C=O) groups is 1. The van der Waals surface area contributed by atoms with Gasteiger partial charge in [-0.15, -0.1) is 0 Å². The number of piperazine rings is 1. The number of nitrogens with zero attached hydrogens (tertiary/aromatic N) is 1. The minimum absolute atomic E-state index is 0.0353. The summed E-state index contributed by atoms with van der Waals surface area (Å²) in [6, 6.07) is 11.5. The number of nitrogens with one attached hydrogen (secondary N) is 2. The number of benzene rings is 2. The lowest BCUT2D eigenvalue weighted by Gasteiger charge is -2.31. The summed E-state index contributed by atoms with van der Waals surface area (Å²) < 4.78 is 27.7. The number of sulfonamides is 1. The SMILES string of the molecule is Cc1ccc(NC(=O)C[NH+]2CCN(S(=O)(=O)c3ccc4c(c3)CCC4)CC2)c(C)c1. The zero-order valence-electron chi connectivity index (χ0n) is 17.7. The standard InChI is InChI=1S/C23H29N3O3S/c1-17-6-9-22(18(2)14-17)24-23(27)16-25-10-12-26(13-11-25)30(28,29)21-8-7-19-4-3-5-20(19)15-21/h6-9,14-15H,3-5,10-13,16H2,1-2H3,(H,24,27)/p+1. The second-order valence-corrected chi connectivity index (χ2v) is 10.4.